The second-order valence-corrected chi connectivity index (χ2v) is 10.1. The number of carbonyl (C=O) groups excluding carboxylic acids is 1. The number of benzene rings is 1. The lowest BCUT2D eigenvalue weighted by Gasteiger charge is -2.25. The van der Waals surface area contributed by atoms with Crippen LogP contribution in [0.5, 0.6) is 5.75 Å². The summed E-state index contributed by atoms with van der Waals surface area (Å²) in [5.41, 5.74) is -2.19. The van der Waals surface area contributed by atoms with Gasteiger partial charge in [-0.3, -0.25) is 4.79 Å². The van der Waals surface area contributed by atoms with E-state index in [1.165, 1.54) is 4.90 Å². The summed E-state index contributed by atoms with van der Waals surface area (Å²) in [5, 5.41) is 0. The average Bonchev–Trinajstić information content (AvgIpc) is 3.10. The summed E-state index contributed by atoms with van der Waals surface area (Å²) < 4.78 is 110. The molecule has 0 saturated carbocycles. The molecule has 4 rings (SSSR count). The van der Waals surface area contributed by atoms with Crippen LogP contribution >= 0.6 is 0 Å². The zero-order valence-corrected chi connectivity index (χ0v) is 18.7. The Morgan fingerprint density at radius 2 is 1.74 bits per heavy atom. The molecule has 35 heavy (non-hydrogen) atoms. The van der Waals surface area contributed by atoms with E-state index in [9.17, 15) is 39.6 Å². The monoisotopic (exact) mass is 523 g/mol. The SMILES string of the molecule is O=C1CCN(S(=O)(=O)c2cccc(C(F)(F)F)c2)CC2CC(Oc3ccc(C(F)(F)F)nc3)CN12. The van der Waals surface area contributed by atoms with E-state index in [0.29, 0.717) is 6.07 Å². The summed E-state index contributed by atoms with van der Waals surface area (Å²) in [4.78, 5) is 16.8. The maximum atomic E-state index is 13.1. The number of rotatable bonds is 4. The highest BCUT2D eigenvalue weighted by molar-refractivity contribution is 7.89. The number of nitrogens with zero attached hydrogens (tertiary/aromatic N) is 3. The van der Waals surface area contributed by atoms with E-state index in [2.05, 4.69) is 4.98 Å². The maximum absolute atomic E-state index is 13.1. The van der Waals surface area contributed by atoms with Crippen molar-refractivity contribution in [2.45, 2.75) is 42.2 Å². The molecule has 14 heteroatoms. The fraction of sp³-hybridized carbons (Fsp3) is 0.429. The Hall–Kier alpha value is -2.87. The first-order chi connectivity index (χ1) is 16.2. The van der Waals surface area contributed by atoms with Crippen molar-refractivity contribution in [2.75, 3.05) is 19.6 Å². The van der Waals surface area contributed by atoms with Crippen molar-refractivity contribution >= 4 is 15.9 Å². The molecule has 2 saturated heterocycles. The van der Waals surface area contributed by atoms with E-state index in [1.54, 1.807) is 0 Å². The molecule has 0 N–H and O–H groups in total. The van der Waals surface area contributed by atoms with Crippen molar-refractivity contribution in [2.24, 2.45) is 0 Å². The first kappa shape index (κ1) is 25.2. The first-order valence-electron chi connectivity index (χ1n) is 10.4. The molecule has 3 heterocycles. The maximum Gasteiger partial charge on any atom is 0.433 e. The van der Waals surface area contributed by atoms with Crippen molar-refractivity contribution in [1.29, 1.82) is 0 Å². The molecular weight excluding hydrogens is 504 g/mol. The lowest BCUT2D eigenvalue weighted by atomic mass is 10.2. The van der Waals surface area contributed by atoms with E-state index >= 15 is 0 Å². The summed E-state index contributed by atoms with van der Waals surface area (Å²) in [7, 11) is -4.33. The standard InChI is InChI=1S/C21H19F6N3O4S/c22-20(23,24)13-2-1-3-17(8-13)35(32,33)29-7-6-19(31)30-12-16(9-14(30)11-29)34-15-4-5-18(28-10-15)21(25,26)27/h1-5,8,10,14,16H,6-7,9,11-12H2. The molecule has 0 bridgehead atoms. The molecule has 2 aliphatic heterocycles. The number of ether oxygens (including phenoxy) is 1. The molecule has 2 fully saturated rings. The fourth-order valence-electron chi connectivity index (χ4n) is 4.14. The number of sulfonamides is 1. The van der Waals surface area contributed by atoms with Gasteiger partial charge in [0.15, 0.2) is 0 Å². The lowest BCUT2D eigenvalue weighted by molar-refractivity contribution is -0.141. The zero-order valence-electron chi connectivity index (χ0n) is 17.9. The minimum atomic E-state index is -4.72. The second-order valence-electron chi connectivity index (χ2n) is 8.19. The Bertz CT molecular complexity index is 1200. The largest absolute Gasteiger partial charge is 0.487 e. The van der Waals surface area contributed by atoms with Crippen LogP contribution in [-0.2, 0) is 27.2 Å². The Kier molecular flexibility index (Phi) is 6.47. The molecule has 1 aromatic carbocycles. The van der Waals surface area contributed by atoms with Crippen molar-refractivity contribution in [3.8, 4) is 5.75 Å². The van der Waals surface area contributed by atoms with Crippen molar-refractivity contribution in [3.05, 3.63) is 53.9 Å². The third-order valence-electron chi connectivity index (χ3n) is 5.81. The highest BCUT2D eigenvalue weighted by atomic mass is 32.2. The molecule has 7 nitrogen and oxygen atoms in total. The molecule has 2 atom stereocenters. The van der Waals surface area contributed by atoms with Crippen LogP contribution in [0.15, 0.2) is 47.5 Å². The van der Waals surface area contributed by atoms with Gasteiger partial charge in [-0.15, -0.1) is 0 Å². The minimum Gasteiger partial charge on any atom is -0.487 e. The molecule has 190 valence electrons. The number of amides is 1. The summed E-state index contributed by atoms with van der Waals surface area (Å²) in [5.74, 6) is -0.296. The molecule has 2 aliphatic rings. The van der Waals surface area contributed by atoms with Gasteiger partial charge in [0.05, 0.1) is 23.2 Å². The van der Waals surface area contributed by atoms with Crippen LogP contribution in [0.3, 0.4) is 0 Å². The molecule has 2 unspecified atom stereocenters. The van der Waals surface area contributed by atoms with E-state index in [1.807, 2.05) is 0 Å². The summed E-state index contributed by atoms with van der Waals surface area (Å²) in [6.45, 7) is -0.268. The molecule has 0 aliphatic carbocycles. The number of carbonyl (C=O) groups is 1. The van der Waals surface area contributed by atoms with Gasteiger partial charge in [-0.05, 0) is 30.3 Å². The first-order valence-corrected chi connectivity index (χ1v) is 11.9. The zero-order chi connectivity index (χ0) is 25.6. The van der Waals surface area contributed by atoms with Crippen LogP contribution in [0.4, 0.5) is 26.3 Å². The number of alkyl halides is 6. The van der Waals surface area contributed by atoms with Gasteiger partial charge in [-0.2, -0.15) is 30.6 Å². The summed E-state index contributed by atoms with van der Waals surface area (Å²) in [6, 6.07) is 4.64. The summed E-state index contributed by atoms with van der Waals surface area (Å²) >= 11 is 0. The highest BCUT2D eigenvalue weighted by Crippen LogP contribution is 2.33. The van der Waals surface area contributed by atoms with Crippen molar-refractivity contribution in [1.82, 2.24) is 14.2 Å². The highest BCUT2D eigenvalue weighted by Gasteiger charge is 2.42. The Balaban J connectivity index is 1.49. The van der Waals surface area contributed by atoms with Gasteiger partial charge in [-0.25, -0.2) is 13.4 Å². The Morgan fingerprint density at radius 1 is 1.00 bits per heavy atom. The van der Waals surface area contributed by atoms with Crippen LogP contribution in [-0.4, -0.2) is 60.3 Å². The third kappa shape index (κ3) is 5.37. The van der Waals surface area contributed by atoms with E-state index in [0.717, 1.165) is 40.8 Å². The van der Waals surface area contributed by atoms with Crippen LogP contribution in [0.25, 0.3) is 0 Å². The van der Waals surface area contributed by atoms with Gasteiger partial charge in [0, 0.05) is 32.0 Å². The van der Waals surface area contributed by atoms with Crippen molar-refractivity contribution < 1.29 is 44.3 Å². The molecule has 0 spiro atoms. The Labute approximate surface area is 196 Å². The van der Waals surface area contributed by atoms with E-state index < -0.39 is 50.7 Å². The van der Waals surface area contributed by atoms with Crippen LogP contribution in [0.2, 0.25) is 0 Å². The summed E-state index contributed by atoms with van der Waals surface area (Å²) in [6.07, 6.45) is -9.03. The van der Waals surface area contributed by atoms with Gasteiger partial charge in [0.1, 0.15) is 17.5 Å². The lowest BCUT2D eigenvalue weighted by Crippen LogP contribution is -2.40. The molecule has 1 amide bonds. The van der Waals surface area contributed by atoms with Gasteiger partial charge >= 0.3 is 12.4 Å². The topological polar surface area (TPSA) is 79.8 Å². The number of halogens is 6. The van der Waals surface area contributed by atoms with Crippen LogP contribution < -0.4 is 4.74 Å². The molecule has 0 radical (unpaired) electrons. The third-order valence-corrected chi connectivity index (χ3v) is 7.68. The molecular formula is C21H19F6N3O4S. The number of pyridine rings is 1. The van der Waals surface area contributed by atoms with Gasteiger partial charge < -0.3 is 9.64 Å². The normalized spacial score (nSPS) is 22.1. The number of hydrogen-bond acceptors (Lipinski definition) is 5. The van der Waals surface area contributed by atoms with Gasteiger partial charge in [-0.1, -0.05) is 6.07 Å². The predicted octanol–water partition coefficient (Wildman–Crippen LogP) is 3.56. The van der Waals surface area contributed by atoms with Gasteiger partial charge in [0.25, 0.3) is 0 Å². The van der Waals surface area contributed by atoms with E-state index in [4.69, 9.17) is 4.74 Å². The fourth-order valence-corrected chi connectivity index (χ4v) is 5.66. The number of hydrogen-bond donors (Lipinski definition) is 0. The Morgan fingerprint density at radius 3 is 2.37 bits per heavy atom. The van der Waals surface area contributed by atoms with Crippen molar-refractivity contribution in [3.63, 3.8) is 0 Å². The molecule has 2 aromatic rings. The predicted molar refractivity (Wildman–Crippen MR) is 109 cm³/mol. The van der Waals surface area contributed by atoms with Crippen LogP contribution in [0, 0.1) is 0 Å². The number of fused-ring (bicyclic) bond motifs is 1. The number of aromatic nitrogens is 1. The molecule has 1 aromatic heterocycles. The quantitative estimate of drug-likeness (QED) is 0.573. The smallest absolute Gasteiger partial charge is 0.433 e. The van der Waals surface area contributed by atoms with Crippen LogP contribution in [0.1, 0.15) is 24.1 Å². The minimum absolute atomic E-state index is 0.0570. The second kappa shape index (κ2) is 8.97. The van der Waals surface area contributed by atoms with E-state index in [-0.39, 0.29) is 44.1 Å². The van der Waals surface area contributed by atoms with Gasteiger partial charge in [0.2, 0.25) is 15.9 Å². The average molecular weight is 523 g/mol.